The van der Waals surface area contributed by atoms with E-state index in [4.69, 9.17) is 4.74 Å². The minimum atomic E-state index is -1.88. The van der Waals surface area contributed by atoms with Gasteiger partial charge < -0.3 is 15.0 Å². The molecule has 10 heteroatoms. The molecule has 0 aliphatic rings. The lowest BCUT2D eigenvalue weighted by Gasteiger charge is -2.28. The predicted molar refractivity (Wildman–Crippen MR) is 134 cm³/mol. The molecule has 0 saturated carbocycles. The normalized spacial score (nSPS) is 12.3. The highest BCUT2D eigenvalue weighted by molar-refractivity contribution is 5.98. The number of nitrogens with one attached hydrogen (secondary N) is 1. The van der Waals surface area contributed by atoms with Crippen molar-refractivity contribution in [1.82, 2.24) is 30.0 Å². The Kier molecular flexibility index (Phi) is 7.05. The van der Waals surface area contributed by atoms with Gasteiger partial charge in [-0.3, -0.25) is 4.79 Å². The van der Waals surface area contributed by atoms with Crippen LogP contribution in [0.4, 0.5) is 10.2 Å². The Labute approximate surface area is 208 Å². The second kappa shape index (κ2) is 10.2. The number of aromatic nitrogens is 5. The van der Waals surface area contributed by atoms with Gasteiger partial charge in [-0.05, 0) is 55.8 Å². The Balaban J connectivity index is 1.67. The number of aryl methyl sites for hydroxylation is 1. The summed E-state index contributed by atoms with van der Waals surface area (Å²) in [6, 6.07) is 11.9. The highest BCUT2D eigenvalue weighted by Gasteiger charge is 2.26. The highest BCUT2D eigenvalue weighted by Crippen LogP contribution is 2.26. The van der Waals surface area contributed by atoms with Crippen molar-refractivity contribution >= 4 is 22.6 Å². The van der Waals surface area contributed by atoms with Gasteiger partial charge in [-0.1, -0.05) is 0 Å². The van der Waals surface area contributed by atoms with Gasteiger partial charge in [0.1, 0.15) is 11.6 Å². The number of nitrogens with zero attached hydrogens (tertiary/aromatic N) is 6. The number of ether oxygens (including phenoxy) is 1. The first-order valence-corrected chi connectivity index (χ1v) is 11.5. The van der Waals surface area contributed by atoms with Gasteiger partial charge in [0.15, 0.2) is 0 Å². The maximum atomic E-state index is 13.8. The molecule has 4 aromatic rings. The van der Waals surface area contributed by atoms with Crippen molar-refractivity contribution in [2.75, 3.05) is 12.4 Å². The van der Waals surface area contributed by atoms with Crippen molar-refractivity contribution in [3.8, 4) is 5.88 Å². The molecule has 1 aromatic carbocycles. The van der Waals surface area contributed by atoms with Gasteiger partial charge in [0, 0.05) is 50.3 Å². The number of halogens is 1. The molecule has 0 aliphatic heterocycles. The predicted octanol–water partition coefficient (Wildman–Crippen LogP) is 4.65. The molecule has 0 radical (unpaired) electrons. The van der Waals surface area contributed by atoms with Crippen molar-refractivity contribution < 1.29 is 13.9 Å². The molecule has 1 amide bonds. The van der Waals surface area contributed by atoms with E-state index < -0.39 is 11.9 Å². The Morgan fingerprint density at radius 1 is 1.14 bits per heavy atom. The number of alkyl halides is 1. The van der Waals surface area contributed by atoms with Gasteiger partial charge in [-0.25, -0.2) is 15.0 Å². The van der Waals surface area contributed by atoms with Gasteiger partial charge in [-0.15, -0.1) is 5.10 Å². The molecule has 0 spiro atoms. The van der Waals surface area contributed by atoms with Crippen molar-refractivity contribution in [3.63, 3.8) is 0 Å². The molecule has 0 bridgehead atoms. The van der Waals surface area contributed by atoms with Crippen LogP contribution in [0.15, 0.2) is 54.9 Å². The lowest BCUT2D eigenvalue weighted by atomic mass is 10.1. The highest BCUT2D eigenvalue weighted by atomic mass is 19.2. The maximum Gasteiger partial charge on any atom is 0.254 e. The Morgan fingerprint density at radius 2 is 1.89 bits per heavy atom. The second-order valence-electron chi connectivity index (χ2n) is 8.86. The molecular weight excluding hydrogens is 461 g/mol. The third-order valence-corrected chi connectivity index (χ3v) is 5.55. The minimum Gasteiger partial charge on any atom is -0.440 e. The van der Waals surface area contributed by atoms with Crippen molar-refractivity contribution in [2.45, 2.75) is 46.1 Å². The zero-order chi connectivity index (χ0) is 25.9. The summed E-state index contributed by atoms with van der Waals surface area (Å²) in [5.41, 5.74) is 2.76. The van der Waals surface area contributed by atoms with Crippen LogP contribution in [-0.2, 0) is 6.54 Å². The Morgan fingerprint density at radius 3 is 2.53 bits per heavy atom. The fourth-order valence-corrected chi connectivity index (χ4v) is 3.79. The fourth-order valence-electron chi connectivity index (χ4n) is 3.79. The van der Waals surface area contributed by atoms with E-state index in [9.17, 15) is 9.18 Å². The molecule has 0 fully saturated rings. The van der Waals surface area contributed by atoms with E-state index in [2.05, 4.69) is 30.5 Å². The number of rotatable bonds is 8. The number of carbonyl (C=O) groups is 1. The Bertz CT molecular complexity index is 1360. The van der Waals surface area contributed by atoms with Crippen LogP contribution in [0.2, 0.25) is 0 Å². The van der Waals surface area contributed by atoms with E-state index in [-0.39, 0.29) is 18.3 Å². The summed E-state index contributed by atoms with van der Waals surface area (Å²) in [5, 5.41) is 12.0. The topological polar surface area (TPSA) is 106 Å². The average molecular weight is 490 g/mol. The largest absolute Gasteiger partial charge is 0.440 e. The van der Waals surface area contributed by atoms with Crippen LogP contribution in [0.3, 0.4) is 0 Å². The molecule has 186 valence electrons. The van der Waals surface area contributed by atoms with Crippen LogP contribution in [0.5, 0.6) is 5.88 Å². The van der Waals surface area contributed by atoms with Gasteiger partial charge in [0.05, 0.1) is 23.8 Å². The lowest BCUT2D eigenvalue weighted by molar-refractivity contribution is -0.0301. The summed E-state index contributed by atoms with van der Waals surface area (Å²) in [6.45, 7) is 6.52. The third-order valence-electron chi connectivity index (χ3n) is 5.55. The fraction of sp³-hybridized carbons (Fsp3) is 0.308. The molecule has 3 aromatic heterocycles. The van der Waals surface area contributed by atoms with E-state index in [1.807, 2.05) is 39.1 Å². The van der Waals surface area contributed by atoms with Crippen LogP contribution in [-0.4, -0.2) is 48.9 Å². The molecule has 0 aliphatic carbocycles. The molecule has 3 heterocycles. The molecule has 1 atom stereocenters. The van der Waals surface area contributed by atoms with E-state index in [0.717, 1.165) is 22.3 Å². The van der Waals surface area contributed by atoms with Crippen LogP contribution in [0, 0.1) is 6.92 Å². The molecule has 4 rings (SSSR count). The van der Waals surface area contributed by atoms with E-state index >= 15 is 0 Å². The van der Waals surface area contributed by atoms with Crippen LogP contribution >= 0.6 is 0 Å². The Hall–Kier alpha value is -4.21. The lowest BCUT2D eigenvalue weighted by Crippen LogP contribution is -2.34. The van der Waals surface area contributed by atoms with Gasteiger partial charge in [0.25, 0.3) is 5.91 Å². The van der Waals surface area contributed by atoms with Crippen LogP contribution in [0.25, 0.3) is 10.9 Å². The molecule has 0 saturated heterocycles. The quantitative estimate of drug-likeness (QED) is 0.381. The van der Waals surface area contributed by atoms with Gasteiger partial charge >= 0.3 is 0 Å². The number of hydrogen-bond acceptors (Lipinski definition) is 8. The molecule has 36 heavy (non-hydrogen) atoms. The standard InChI is InChI=1S/C26H28FN7O2/c1-16-13-19-14-18(7-9-21(19)31-23(16)28-5)25(35)34(17(2)24-29-11-6-12-30-24)15-20-8-10-22(33-32-20)36-26(3,4)27/h6-14,17H,15H2,1-5H3,(H,28,31). The number of amides is 1. The third kappa shape index (κ3) is 5.70. The smallest absolute Gasteiger partial charge is 0.254 e. The summed E-state index contributed by atoms with van der Waals surface area (Å²) in [4.78, 5) is 28.7. The van der Waals surface area contributed by atoms with E-state index in [0.29, 0.717) is 17.1 Å². The monoisotopic (exact) mass is 489 g/mol. The number of hydrogen-bond donors (Lipinski definition) is 1. The number of fused-ring (bicyclic) bond motifs is 1. The summed E-state index contributed by atoms with van der Waals surface area (Å²) in [5.74, 6) is -0.759. The number of anilines is 1. The first-order chi connectivity index (χ1) is 17.1. The minimum absolute atomic E-state index is 0.0573. The SMILES string of the molecule is CNc1nc2ccc(C(=O)N(Cc3ccc(OC(C)(C)F)nn3)C(C)c3ncccn3)cc2cc1C. The number of pyridine rings is 1. The molecule has 1 N–H and O–H groups in total. The van der Waals surface area contributed by atoms with Gasteiger partial charge in [0.2, 0.25) is 11.7 Å². The van der Waals surface area contributed by atoms with Crippen molar-refractivity contribution in [3.05, 3.63) is 77.5 Å². The zero-order valence-corrected chi connectivity index (χ0v) is 20.9. The first-order valence-electron chi connectivity index (χ1n) is 11.5. The molecule has 1 unspecified atom stereocenters. The van der Waals surface area contributed by atoms with E-state index in [1.165, 1.54) is 19.9 Å². The summed E-state index contributed by atoms with van der Waals surface area (Å²) in [7, 11) is 1.82. The van der Waals surface area contributed by atoms with Crippen molar-refractivity contribution in [1.29, 1.82) is 0 Å². The summed E-state index contributed by atoms with van der Waals surface area (Å²) >= 11 is 0. The van der Waals surface area contributed by atoms with Crippen LogP contribution < -0.4 is 10.1 Å². The maximum absolute atomic E-state index is 13.8. The second-order valence-corrected chi connectivity index (χ2v) is 8.86. The molecule has 9 nitrogen and oxygen atoms in total. The average Bonchev–Trinajstić information content (AvgIpc) is 2.86. The summed E-state index contributed by atoms with van der Waals surface area (Å²) < 4.78 is 18.9. The van der Waals surface area contributed by atoms with E-state index in [1.54, 1.807) is 35.5 Å². The molecular formula is C26H28FN7O2. The number of benzene rings is 1. The van der Waals surface area contributed by atoms with Crippen molar-refractivity contribution in [2.24, 2.45) is 0 Å². The first kappa shape index (κ1) is 24.9. The van der Waals surface area contributed by atoms with Gasteiger partial charge in [-0.2, -0.15) is 9.49 Å². The zero-order valence-electron chi connectivity index (χ0n) is 20.9. The number of carbonyl (C=O) groups excluding carboxylic acids is 1. The van der Waals surface area contributed by atoms with Crippen LogP contribution in [0.1, 0.15) is 54.3 Å². The summed E-state index contributed by atoms with van der Waals surface area (Å²) in [6.07, 6.45) is 3.27.